The maximum absolute atomic E-state index is 13.1. The first kappa shape index (κ1) is 21.1. The highest BCUT2D eigenvalue weighted by Crippen LogP contribution is 2.40. The number of fused-ring (bicyclic) bond motifs is 2. The quantitative estimate of drug-likeness (QED) is 0.610. The Labute approximate surface area is 197 Å². The van der Waals surface area contributed by atoms with Crippen molar-refractivity contribution in [3.63, 3.8) is 0 Å². The molecule has 9 heteroatoms. The fraction of sp³-hybridized carbons (Fsp3) is 0.320. The fourth-order valence-electron chi connectivity index (χ4n) is 4.96. The maximum Gasteiger partial charge on any atom is 0.269 e. The van der Waals surface area contributed by atoms with Gasteiger partial charge in [0.2, 0.25) is 0 Å². The standard InChI is InChI=1S/C25H24N4O4S/c30-24(17-9-12-19-23(13-17)34(32,33)29(25(19)31)18-10-11-18)27-21-7-4-8-22-20(21)14-26-28(22)15-16-5-2-1-3-6-16/h1-3,5-6,9,12-14,18,21H,4,7-8,10-11,15H2,(H,27,30). The second-order valence-corrected chi connectivity index (χ2v) is 10.9. The van der Waals surface area contributed by atoms with Crippen molar-refractivity contribution >= 4 is 21.8 Å². The number of hydrogen-bond donors (Lipinski definition) is 1. The Morgan fingerprint density at radius 2 is 1.88 bits per heavy atom. The van der Waals surface area contributed by atoms with Crippen molar-refractivity contribution in [2.45, 2.75) is 55.6 Å². The number of sulfonamides is 1. The summed E-state index contributed by atoms with van der Waals surface area (Å²) in [5.74, 6) is -0.851. The van der Waals surface area contributed by atoms with Crippen LogP contribution in [0, 0.1) is 0 Å². The smallest absolute Gasteiger partial charge is 0.269 e. The zero-order chi connectivity index (χ0) is 23.4. The van der Waals surface area contributed by atoms with E-state index in [1.807, 2.05) is 29.1 Å². The van der Waals surface area contributed by atoms with E-state index in [0.717, 1.165) is 40.4 Å². The minimum absolute atomic E-state index is 0.0722. The van der Waals surface area contributed by atoms with Crippen LogP contribution in [0.1, 0.15) is 69.3 Å². The summed E-state index contributed by atoms with van der Waals surface area (Å²) in [6.45, 7) is 0.672. The normalized spacial score (nSPS) is 20.6. The number of carbonyl (C=O) groups excluding carboxylic acids is 2. The van der Waals surface area contributed by atoms with Crippen LogP contribution in [0.15, 0.2) is 59.6 Å². The van der Waals surface area contributed by atoms with E-state index in [0.29, 0.717) is 19.4 Å². The maximum atomic E-state index is 13.1. The van der Waals surface area contributed by atoms with Crippen molar-refractivity contribution in [2.24, 2.45) is 0 Å². The molecule has 174 valence electrons. The lowest BCUT2D eigenvalue weighted by atomic mass is 9.92. The van der Waals surface area contributed by atoms with E-state index >= 15 is 0 Å². The van der Waals surface area contributed by atoms with Gasteiger partial charge in [-0.2, -0.15) is 5.10 Å². The molecule has 0 spiro atoms. The molecule has 0 bridgehead atoms. The van der Waals surface area contributed by atoms with Crippen molar-refractivity contribution < 1.29 is 18.0 Å². The molecule has 1 aromatic heterocycles. The van der Waals surface area contributed by atoms with Gasteiger partial charge in [-0.25, -0.2) is 12.7 Å². The Kier molecular flexibility index (Phi) is 4.84. The van der Waals surface area contributed by atoms with E-state index in [4.69, 9.17) is 0 Å². The molecule has 8 nitrogen and oxygen atoms in total. The molecule has 1 N–H and O–H groups in total. The zero-order valence-electron chi connectivity index (χ0n) is 18.5. The molecule has 1 atom stereocenters. The molecule has 0 saturated heterocycles. The topological polar surface area (TPSA) is 101 Å². The molecule has 2 aromatic carbocycles. The van der Waals surface area contributed by atoms with E-state index in [1.54, 1.807) is 0 Å². The van der Waals surface area contributed by atoms with Crippen molar-refractivity contribution in [2.75, 3.05) is 0 Å². The molecule has 6 rings (SSSR count). The zero-order valence-corrected chi connectivity index (χ0v) is 19.3. The lowest BCUT2D eigenvalue weighted by Gasteiger charge is -2.24. The van der Waals surface area contributed by atoms with Crippen LogP contribution in [0.4, 0.5) is 0 Å². The summed E-state index contributed by atoms with van der Waals surface area (Å²) in [5.41, 5.74) is 3.65. The van der Waals surface area contributed by atoms with Gasteiger partial charge in [0.25, 0.3) is 21.8 Å². The van der Waals surface area contributed by atoms with Gasteiger partial charge >= 0.3 is 0 Å². The van der Waals surface area contributed by atoms with Crippen LogP contribution in [-0.2, 0) is 23.0 Å². The number of benzene rings is 2. The average molecular weight is 477 g/mol. The van der Waals surface area contributed by atoms with E-state index in [2.05, 4.69) is 22.5 Å². The van der Waals surface area contributed by atoms with Crippen LogP contribution < -0.4 is 5.32 Å². The number of rotatable bonds is 5. The molecule has 2 aliphatic carbocycles. The first-order chi connectivity index (χ1) is 16.4. The second kappa shape index (κ2) is 7.80. The van der Waals surface area contributed by atoms with Gasteiger partial charge in [-0.05, 0) is 55.9 Å². The monoisotopic (exact) mass is 476 g/mol. The van der Waals surface area contributed by atoms with Crippen molar-refractivity contribution in [3.05, 3.63) is 82.7 Å². The Hall–Kier alpha value is -3.46. The fourth-order valence-corrected chi connectivity index (χ4v) is 6.80. The third-order valence-corrected chi connectivity index (χ3v) is 8.71. The highest BCUT2D eigenvalue weighted by Gasteiger charge is 2.48. The average Bonchev–Trinajstić information content (AvgIpc) is 3.54. The third-order valence-electron chi connectivity index (χ3n) is 6.83. The van der Waals surface area contributed by atoms with Gasteiger partial charge in [-0.1, -0.05) is 30.3 Å². The summed E-state index contributed by atoms with van der Waals surface area (Å²) in [7, 11) is -3.91. The minimum atomic E-state index is -3.91. The van der Waals surface area contributed by atoms with E-state index in [9.17, 15) is 18.0 Å². The SMILES string of the molecule is O=C(NC1CCCc2c1cnn2Cc1ccccc1)c1ccc2c(c1)S(=O)(=O)N(C1CC1)C2=O. The van der Waals surface area contributed by atoms with Crippen LogP contribution in [0.3, 0.4) is 0 Å². The van der Waals surface area contributed by atoms with E-state index < -0.39 is 15.9 Å². The highest BCUT2D eigenvalue weighted by molar-refractivity contribution is 7.90. The predicted octanol–water partition coefficient (Wildman–Crippen LogP) is 3.05. The molecule has 2 heterocycles. The van der Waals surface area contributed by atoms with Crippen molar-refractivity contribution in [3.8, 4) is 0 Å². The summed E-state index contributed by atoms with van der Waals surface area (Å²) in [5, 5.41) is 7.63. The van der Waals surface area contributed by atoms with Crippen molar-refractivity contribution in [1.29, 1.82) is 0 Å². The number of amides is 2. The number of nitrogens with zero attached hydrogens (tertiary/aromatic N) is 3. The van der Waals surface area contributed by atoms with Gasteiger partial charge < -0.3 is 5.32 Å². The van der Waals surface area contributed by atoms with Gasteiger partial charge in [0, 0.05) is 22.9 Å². The van der Waals surface area contributed by atoms with Gasteiger partial charge in [-0.15, -0.1) is 0 Å². The number of carbonyl (C=O) groups is 2. The van der Waals surface area contributed by atoms with Crippen LogP contribution >= 0.6 is 0 Å². The number of aromatic nitrogens is 2. The molecule has 0 radical (unpaired) electrons. The van der Waals surface area contributed by atoms with Gasteiger partial charge in [0.1, 0.15) is 4.90 Å². The lowest BCUT2D eigenvalue weighted by Crippen LogP contribution is -2.32. The Morgan fingerprint density at radius 1 is 1.09 bits per heavy atom. The number of hydrogen-bond acceptors (Lipinski definition) is 5. The van der Waals surface area contributed by atoms with Crippen LogP contribution in [0.2, 0.25) is 0 Å². The van der Waals surface area contributed by atoms with E-state index in [-0.39, 0.29) is 34.0 Å². The molecule has 1 fully saturated rings. The van der Waals surface area contributed by atoms with Gasteiger partial charge in [0.15, 0.2) is 0 Å². The first-order valence-corrected chi connectivity index (χ1v) is 13.0. The number of nitrogens with one attached hydrogen (secondary N) is 1. The second-order valence-electron chi connectivity index (χ2n) is 9.16. The molecule has 1 aliphatic heterocycles. The summed E-state index contributed by atoms with van der Waals surface area (Å²) >= 11 is 0. The van der Waals surface area contributed by atoms with Crippen LogP contribution in [0.5, 0.6) is 0 Å². The lowest BCUT2D eigenvalue weighted by molar-refractivity contribution is 0.0863. The molecule has 1 saturated carbocycles. The van der Waals surface area contributed by atoms with Gasteiger partial charge in [-0.3, -0.25) is 14.3 Å². The Balaban J connectivity index is 1.24. The molecular formula is C25H24N4O4S. The molecule has 3 aromatic rings. The van der Waals surface area contributed by atoms with Crippen LogP contribution in [0.25, 0.3) is 0 Å². The highest BCUT2D eigenvalue weighted by atomic mass is 32.2. The molecular weight excluding hydrogens is 452 g/mol. The molecule has 1 unspecified atom stereocenters. The largest absolute Gasteiger partial charge is 0.345 e. The summed E-state index contributed by atoms with van der Waals surface area (Å²) in [6, 6.07) is 14.0. The van der Waals surface area contributed by atoms with Crippen molar-refractivity contribution in [1.82, 2.24) is 19.4 Å². The first-order valence-electron chi connectivity index (χ1n) is 11.6. The minimum Gasteiger partial charge on any atom is -0.345 e. The Bertz CT molecular complexity index is 1410. The molecule has 3 aliphatic rings. The van der Waals surface area contributed by atoms with Crippen LogP contribution in [-0.4, -0.2) is 40.4 Å². The third kappa shape index (κ3) is 3.42. The summed E-state index contributed by atoms with van der Waals surface area (Å²) in [4.78, 5) is 25.6. The molecule has 2 amide bonds. The summed E-state index contributed by atoms with van der Waals surface area (Å²) in [6.07, 6.45) is 5.80. The Morgan fingerprint density at radius 3 is 2.65 bits per heavy atom. The van der Waals surface area contributed by atoms with E-state index in [1.165, 1.54) is 18.2 Å². The predicted molar refractivity (Wildman–Crippen MR) is 124 cm³/mol. The summed E-state index contributed by atoms with van der Waals surface area (Å²) < 4.78 is 28.8. The molecule has 34 heavy (non-hydrogen) atoms. The van der Waals surface area contributed by atoms with Gasteiger partial charge in [0.05, 0.1) is 24.3 Å².